The van der Waals surface area contributed by atoms with Gasteiger partial charge in [0.1, 0.15) is 0 Å². The van der Waals surface area contributed by atoms with Gasteiger partial charge >= 0.3 is 0 Å². The molecule has 5 nitrogen and oxygen atoms in total. The van der Waals surface area contributed by atoms with Crippen LogP contribution in [-0.2, 0) is 12.8 Å². The molecule has 1 radical (unpaired) electrons. The minimum atomic E-state index is -0.0617. The van der Waals surface area contributed by atoms with Crippen molar-refractivity contribution in [3.05, 3.63) is 64.4 Å². The van der Waals surface area contributed by atoms with Crippen molar-refractivity contribution in [3.8, 4) is 0 Å². The van der Waals surface area contributed by atoms with Gasteiger partial charge in [-0.15, -0.1) is 13.1 Å². The number of piperidine rings is 1. The van der Waals surface area contributed by atoms with Crippen molar-refractivity contribution >= 4 is 11.7 Å². The molecule has 1 aromatic heterocycles. The molecule has 0 unspecified atom stereocenters. The van der Waals surface area contributed by atoms with Gasteiger partial charge in [-0.3, -0.25) is 9.59 Å². The fourth-order valence-corrected chi connectivity index (χ4v) is 4.23. The summed E-state index contributed by atoms with van der Waals surface area (Å²) in [6.45, 7) is 3.22. The Hall–Kier alpha value is -0.958. The van der Waals surface area contributed by atoms with Gasteiger partial charge in [0.15, 0.2) is 11.5 Å². The minimum absolute atomic E-state index is 0. The number of hydrogen-bond acceptors (Lipinski definition) is 3. The molecule has 29 heavy (non-hydrogen) atoms. The first-order valence-corrected chi connectivity index (χ1v) is 10.3. The van der Waals surface area contributed by atoms with Gasteiger partial charge in [0.25, 0.3) is 5.91 Å². The molecular weight excluding hydrogens is 579 g/mol. The Labute approximate surface area is 208 Å². The van der Waals surface area contributed by atoms with Crippen molar-refractivity contribution in [3.63, 3.8) is 0 Å². The fraction of sp³-hybridized carbons (Fsp3) is 0.478. The summed E-state index contributed by atoms with van der Waals surface area (Å²) in [7, 11) is 0. The Bertz CT molecular complexity index is 829. The number of amides is 1. The van der Waals surface area contributed by atoms with Crippen molar-refractivity contribution in [1.29, 1.82) is 0 Å². The summed E-state index contributed by atoms with van der Waals surface area (Å²) >= 11 is 0. The molecule has 2 aliphatic rings. The van der Waals surface area contributed by atoms with E-state index in [0.717, 1.165) is 50.8 Å². The van der Waals surface area contributed by atoms with E-state index in [0.29, 0.717) is 31.2 Å². The molecule has 0 bridgehead atoms. The van der Waals surface area contributed by atoms with Gasteiger partial charge in [0, 0.05) is 69.1 Å². The summed E-state index contributed by atoms with van der Waals surface area (Å²) < 4.78 is 5.25. The van der Waals surface area contributed by atoms with E-state index in [1.54, 1.807) is 12.1 Å². The van der Waals surface area contributed by atoms with E-state index in [4.69, 9.17) is 4.42 Å². The second-order valence-corrected chi connectivity index (χ2v) is 7.83. The molecule has 4 rings (SSSR count). The zero-order chi connectivity index (χ0) is 19.3. The van der Waals surface area contributed by atoms with Gasteiger partial charge in [-0.1, -0.05) is 25.0 Å². The molecule has 0 N–H and O–H groups in total. The number of nitrogens with zero attached hydrogens (tertiary/aromatic N) is 2. The maximum Gasteiger partial charge on any atom is 0.289 e. The van der Waals surface area contributed by atoms with Crippen LogP contribution in [0.15, 0.2) is 41.0 Å². The van der Waals surface area contributed by atoms with Gasteiger partial charge in [-0.05, 0) is 54.5 Å². The summed E-state index contributed by atoms with van der Waals surface area (Å²) in [5.41, 5.74) is 3.24. The first-order valence-electron chi connectivity index (χ1n) is 10.3. The van der Waals surface area contributed by atoms with Crippen LogP contribution < -0.4 is 0 Å². The zero-order valence-electron chi connectivity index (χ0n) is 16.8. The summed E-state index contributed by atoms with van der Waals surface area (Å²) in [6, 6.07) is 9.52. The van der Waals surface area contributed by atoms with E-state index in [1.807, 2.05) is 11.0 Å². The first kappa shape index (κ1) is 22.7. The van der Waals surface area contributed by atoms with E-state index in [2.05, 4.69) is 17.4 Å². The molecule has 151 valence electrons. The van der Waals surface area contributed by atoms with Crippen LogP contribution in [0.3, 0.4) is 0 Å². The number of carbonyl (C=O) groups is 2. The number of fused-ring (bicyclic) bond motifs is 1. The third-order valence-electron chi connectivity index (χ3n) is 6.02. The Kier molecular flexibility index (Phi) is 8.53. The number of Topliss-reactive ketones (excluding diaryl/α,β-unsaturated/α-hetero) is 1. The SMILES string of the molecule is O=C(CCC1CC[N-]CC1)c1ccc2c(c1)CCN(C(=O)c1ccco1)CC2.[Ac]. The van der Waals surface area contributed by atoms with Crippen molar-refractivity contribution in [1.82, 2.24) is 4.90 Å². The summed E-state index contributed by atoms with van der Waals surface area (Å²) in [5, 5.41) is 4.39. The molecular formula is C23H27AcN2O3-. The van der Waals surface area contributed by atoms with Crippen molar-refractivity contribution in [2.24, 2.45) is 5.92 Å². The van der Waals surface area contributed by atoms with Crippen LogP contribution in [-0.4, -0.2) is 42.8 Å². The molecule has 1 aromatic carbocycles. The van der Waals surface area contributed by atoms with Gasteiger partial charge in [-0.25, -0.2) is 0 Å². The predicted octanol–water partition coefficient (Wildman–Crippen LogP) is 4.27. The topological polar surface area (TPSA) is 64.6 Å². The molecule has 0 aliphatic carbocycles. The van der Waals surface area contributed by atoms with Crippen LogP contribution in [0.2, 0.25) is 0 Å². The maximum absolute atomic E-state index is 12.7. The fourth-order valence-electron chi connectivity index (χ4n) is 4.23. The molecule has 1 amide bonds. The maximum atomic E-state index is 12.7. The Balaban J connectivity index is 0.00000240. The summed E-state index contributed by atoms with van der Waals surface area (Å²) in [5.74, 6) is 1.20. The quantitative estimate of drug-likeness (QED) is 0.478. The van der Waals surface area contributed by atoms with Crippen LogP contribution in [0.4, 0.5) is 0 Å². The second-order valence-electron chi connectivity index (χ2n) is 7.83. The number of hydrogen-bond donors (Lipinski definition) is 0. The number of ketones is 1. The third kappa shape index (κ3) is 5.81. The molecule has 1 saturated heterocycles. The van der Waals surface area contributed by atoms with E-state index < -0.39 is 0 Å². The predicted molar refractivity (Wildman–Crippen MR) is 108 cm³/mol. The smallest absolute Gasteiger partial charge is 0.289 e. The average molecular weight is 606 g/mol. The summed E-state index contributed by atoms with van der Waals surface area (Å²) in [6.07, 6.45) is 6.94. The molecule has 1 fully saturated rings. The largest absolute Gasteiger partial charge is 0.662 e. The van der Waals surface area contributed by atoms with Crippen LogP contribution in [0, 0.1) is 50.0 Å². The average Bonchev–Trinajstić information content (AvgIpc) is 3.19. The monoisotopic (exact) mass is 606 g/mol. The molecule has 2 aliphatic heterocycles. The first-order chi connectivity index (χ1) is 13.7. The van der Waals surface area contributed by atoms with Gasteiger partial charge in [0.2, 0.25) is 0 Å². The minimum Gasteiger partial charge on any atom is -0.662 e. The molecule has 0 spiro atoms. The van der Waals surface area contributed by atoms with Crippen LogP contribution in [0.5, 0.6) is 0 Å². The van der Waals surface area contributed by atoms with E-state index in [9.17, 15) is 9.59 Å². The van der Waals surface area contributed by atoms with E-state index in [-0.39, 0.29) is 55.8 Å². The van der Waals surface area contributed by atoms with Gasteiger partial charge in [-0.2, -0.15) is 0 Å². The van der Waals surface area contributed by atoms with Crippen LogP contribution in [0.25, 0.3) is 5.32 Å². The number of rotatable bonds is 5. The van der Waals surface area contributed by atoms with Crippen molar-refractivity contribution < 1.29 is 58.1 Å². The van der Waals surface area contributed by atoms with E-state index >= 15 is 0 Å². The van der Waals surface area contributed by atoms with Crippen LogP contribution >= 0.6 is 0 Å². The zero-order valence-corrected chi connectivity index (χ0v) is 21.6. The second kappa shape index (κ2) is 10.9. The molecule has 0 atom stereocenters. The third-order valence-corrected chi connectivity index (χ3v) is 6.02. The standard InChI is InChI=1S/C23H27N2O3.Ac/c26-21(6-3-17-7-11-24-12-8-17)20-5-4-18-9-13-25(14-10-19(18)16-20)23(27)22-2-1-15-28-22;/h1-2,4-5,15-17H,3,6-14H2;/q-1;. The Morgan fingerprint density at radius 3 is 2.55 bits per heavy atom. The molecule has 6 heteroatoms. The molecule has 0 saturated carbocycles. The molecule has 3 heterocycles. The Morgan fingerprint density at radius 1 is 1.07 bits per heavy atom. The normalized spacial score (nSPS) is 17.2. The number of carbonyl (C=O) groups excluding carboxylic acids is 2. The van der Waals surface area contributed by atoms with Crippen molar-refractivity contribution in [2.75, 3.05) is 26.2 Å². The van der Waals surface area contributed by atoms with Crippen LogP contribution in [0.1, 0.15) is 57.7 Å². The van der Waals surface area contributed by atoms with Gasteiger partial charge in [0.05, 0.1) is 6.26 Å². The summed E-state index contributed by atoms with van der Waals surface area (Å²) in [4.78, 5) is 27.1. The number of benzene rings is 1. The number of furan rings is 1. The van der Waals surface area contributed by atoms with Gasteiger partial charge < -0.3 is 14.6 Å². The molecule has 2 aromatic rings. The Morgan fingerprint density at radius 2 is 1.83 bits per heavy atom. The van der Waals surface area contributed by atoms with Crippen molar-refractivity contribution in [2.45, 2.75) is 38.5 Å². The van der Waals surface area contributed by atoms with E-state index in [1.165, 1.54) is 17.4 Å².